The number of amides is 1. The van der Waals surface area contributed by atoms with Crippen LogP contribution in [0.3, 0.4) is 0 Å². The molecule has 1 amide bonds. The first kappa shape index (κ1) is 21.1. The number of aromatic nitrogens is 1. The van der Waals surface area contributed by atoms with Crippen molar-refractivity contribution in [1.82, 2.24) is 4.98 Å². The van der Waals surface area contributed by atoms with Crippen molar-refractivity contribution in [1.29, 1.82) is 0 Å². The van der Waals surface area contributed by atoms with Crippen LogP contribution in [0.2, 0.25) is 5.02 Å². The number of pyridine rings is 1. The predicted octanol–water partition coefficient (Wildman–Crippen LogP) is 3.41. The fourth-order valence-electron chi connectivity index (χ4n) is 2.23. The summed E-state index contributed by atoms with van der Waals surface area (Å²) in [7, 11) is 0. The molecule has 0 saturated carbocycles. The molecule has 0 aliphatic rings. The van der Waals surface area contributed by atoms with Crippen LogP contribution in [0.5, 0.6) is 0 Å². The molecule has 9 nitrogen and oxygen atoms in total. The lowest BCUT2D eigenvalue weighted by molar-refractivity contribution is -0.384. The number of para-hydroxylation sites is 2. The van der Waals surface area contributed by atoms with Crippen molar-refractivity contribution in [2.45, 2.75) is 25.9 Å². The first-order valence-electron chi connectivity index (χ1n) is 8.46. The van der Waals surface area contributed by atoms with Crippen LogP contribution in [0.1, 0.15) is 19.8 Å². The van der Waals surface area contributed by atoms with Gasteiger partial charge in [0.25, 0.3) is 11.6 Å². The maximum Gasteiger partial charge on any atom is 0.306 e. The summed E-state index contributed by atoms with van der Waals surface area (Å²) in [6.07, 6.45) is 0.841. The highest BCUT2D eigenvalue weighted by atomic mass is 35.5. The minimum atomic E-state index is -0.992. The first-order valence-corrected chi connectivity index (χ1v) is 8.84. The zero-order valence-electron chi connectivity index (χ0n) is 15.1. The summed E-state index contributed by atoms with van der Waals surface area (Å²) in [5.74, 6) is -0.761. The van der Waals surface area contributed by atoms with Gasteiger partial charge in [0, 0.05) is 25.2 Å². The summed E-state index contributed by atoms with van der Waals surface area (Å²) in [6.45, 7) is 1.80. The van der Waals surface area contributed by atoms with Gasteiger partial charge in [-0.15, -0.1) is 0 Å². The van der Waals surface area contributed by atoms with Crippen LogP contribution in [0.4, 0.5) is 17.2 Å². The second-order valence-electron chi connectivity index (χ2n) is 5.79. The lowest BCUT2D eigenvalue weighted by atomic mass is 10.2. The Morgan fingerprint density at radius 1 is 1.29 bits per heavy atom. The Morgan fingerprint density at radius 3 is 2.71 bits per heavy atom. The fraction of sp³-hybridized carbons (Fsp3) is 0.278. The second-order valence-corrected chi connectivity index (χ2v) is 6.22. The molecule has 28 heavy (non-hydrogen) atoms. The summed E-state index contributed by atoms with van der Waals surface area (Å²) in [5.41, 5.74) is 0.343. The number of nitrogens with one attached hydrogen (secondary N) is 2. The number of nitro groups is 1. The monoisotopic (exact) mass is 406 g/mol. The zero-order chi connectivity index (χ0) is 20.5. The highest BCUT2D eigenvalue weighted by Crippen LogP contribution is 2.23. The van der Waals surface area contributed by atoms with Gasteiger partial charge < -0.3 is 15.4 Å². The van der Waals surface area contributed by atoms with Gasteiger partial charge in [-0.25, -0.2) is 4.98 Å². The standard InChI is InChI=1S/C18H19ClN4O5/c1-12(18(25)22-16-9-8-13(19)11-21-16)28-17(24)7-4-10-20-14-5-2-3-6-15(14)23(26)27/h2-3,5-6,8-9,11-12,20H,4,7,10H2,1H3,(H,21,22,25)/t12-/m1/s1. The number of halogens is 1. The van der Waals surface area contributed by atoms with Crippen molar-refractivity contribution >= 4 is 40.7 Å². The van der Waals surface area contributed by atoms with Crippen molar-refractivity contribution in [2.75, 3.05) is 17.2 Å². The minimum absolute atomic E-state index is 0.0359. The van der Waals surface area contributed by atoms with Crippen molar-refractivity contribution in [3.63, 3.8) is 0 Å². The van der Waals surface area contributed by atoms with Gasteiger partial charge in [-0.2, -0.15) is 0 Å². The molecule has 1 atom stereocenters. The van der Waals surface area contributed by atoms with Crippen LogP contribution in [-0.4, -0.2) is 34.4 Å². The van der Waals surface area contributed by atoms with E-state index in [-0.39, 0.29) is 12.1 Å². The molecule has 0 saturated heterocycles. The van der Waals surface area contributed by atoms with Gasteiger partial charge in [0.05, 0.1) is 9.95 Å². The molecule has 1 aromatic carbocycles. The van der Waals surface area contributed by atoms with Gasteiger partial charge >= 0.3 is 5.97 Å². The van der Waals surface area contributed by atoms with Gasteiger partial charge in [0.1, 0.15) is 11.5 Å². The molecule has 10 heteroatoms. The SMILES string of the molecule is C[C@@H](OC(=O)CCCNc1ccccc1[N+](=O)[O-])C(=O)Nc1ccc(Cl)cn1. The highest BCUT2D eigenvalue weighted by Gasteiger charge is 2.18. The molecule has 1 heterocycles. The first-order chi connectivity index (χ1) is 13.4. The molecule has 2 rings (SSSR count). The molecule has 2 N–H and O–H groups in total. The van der Waals surface area contributed by atoms with Crippen LogP contribution in [0, 0.1) is 10.1 Å². The fourth-order valence-corrected chi connectivity index (χ4v) is 2.34. The van der Waals surface area contributed by atoms with Crippen LogP contribution in [0.25, 0.3) is 0 Å². The molecule has 0 spiro atoms. The van der Waals surface area contributed by atoms with E-state index < -0.39 is 22.9 Å². The summed E-state index contributed by atoms with van der Waals surface area (Å²) in [5, 5.41) is 16.8. The smallest absolute Gasteiger partial charge is 0.306 e. The van der Waals surface area contributed by atoms with Crippen molar-refractivity contribution < 1.29 is 19.2 Å². The minimum Gasteiger partial charge on any atom is -0.453 e. The number of ether oxygens (including phenoxy) is 1. The van der Waals surface area contributed by atoms with Gasteiger partial charge in [-0.3, -0.25) is 19.7 Å². The number of nitro benzene ring substituents is 1. The Kier molecular flexibility index (Phi) is 7.70. The summed E-state index contributed by atoms with van der Waals surface area (Å²) in [6, 6.07) is 9.35. The number of benzene rings is 1. The Labute approximate surface area is 166 Å². The lowest BCUT2D eigenvalue weighted by Gasteiger charge is -2.13. The van der Waals surface area contributed by atoms with Crippen molar-refractivity contribution in [3.05, 3.63) is 57.7 Å². The molecule has 2 aromatic rings. The summed E-state index contributed by atoms with van der Waals surface area (Å²) < 4.78 is 5.08. The maximum absolute atomic E-state index is 12.0. The number of hydrogen-bond acceptors (Lipinski definition) is 7. The van der Waals surface area contributed by atoms with Crippen LogP contribution in [-0.2, 0) is 14.3 Å². The van der Waals surface area contributed by atoms with E-state index in [1.807, 2.05) is 0 Å². The third-order valence-electron chi connectivity index (χ3n) is 3.63. The number of carbonyl (C=O) groups is 2. The van der Waals surface area contributed by atoms with E-state index in [1.165, 1.54) is 25.3 Å². The molecule has 0 radical (unpaired) electrons. The van der Waals surface area contributed by atoms with E-state index in [1.54, 1.807) is 24.3 Å². The molecule has 0 bridgehead atoms. The average Bonchev–Trinajstić information content (AvgIpc) is 2.67. The average molecular weight is 407 g/mol. The largest absolute Gasteiger partial charge is 0.453 e. The summed E-state index contributed by atoms with van der Waals surface area (Å²) in [4.78, 5) is 38.3. The molecule has 0 aliphatic carbocycles. The Morgan fingerprint density at radius 2 is 2.04 bits per heavy atom. The number of anilines is 2. The number of carbonyl (C=O) groups excluding carboxylic acids is 2. The second kappa shape index (κ2) is 10.2. The number of esters is 1. The summed E-state index contributed by atoms with van der Waals surface area (Å²) >= 11 is 5.72. The van der Waals surface area contributed by atoms with E-state index in [9.17, 15) is 19.7 Å². The number of hydrogen-bond donors (Lipinski definition) is 2. The highest BCUT2D eigenvalue weighted by molar-refractivity contribution is 6.30. The predicted molar refractivity (Wildman–Crippen MR) is 104 cm³/mol. The number of rotatable bonds is 9. The third-order valence-corrected chi connectivity index (χ3v) is 3.85. The van der Waals surface area contributed by atoms with E-state index in [0.717, 1.165) is 0 Å². The maximum atomic E-state index is 12.0. The Hall–Kier alpha value is -3.20. The van der Waals surface area contributed by atoms with E-state index in [4.69, 9.17) is 16.3 Å². The van der Waals surface area contributed by atoms with Gasteiger partial charge in [0.15, 0.2) is 6.10 Å². The molecule has 0 aliphatic heterocycles. The molecular weight excluding hydrogens is 388 g/mol. The zero-order valence-corrected chi connectivity index (χ0v) is 15.8. The van der Waals surface area contributed by atoms with Gasteiger partial charge in [-0.05, 0) is 31.5 Å². The molecule has 1 aromatic heterocycles. The molecule has 148 valence electrons. The van der Waals surface area contributed by atoms with Crippen LogP contribution < -0.4 is 10.6 Å². The van der Waals surface area contributed by atoms with E-state index >= 15 is 0 Å². The quantitative estimate of drug-likeness (QED) is 0.283. The molecule has 0 fully saturated rings. The Bertz CT molecular complexity index is 844. The van der Waals surface area contributed by atoms with Gasteiger partial charge in [0.2, 0.25) is 0 Å². The van der Waals surface area contributed by atoms with Crippen molar-refractivity contribution in [2.24, 2.45) is 0 Å². The van der Waals surface area contributed by atoms with Crippen LogP contribution >= 0.6 is 11.6 Å². The van der Waals surface area contributed by atoms with Crippen molar-refractivity contribution in [3.8, 4) is 0 Å². The molecule has 0 unspecified atom stereocenters. The Balaban J connectivity index is 1.72. The van der Waals surface area contributed by atoms with Crippen LogP contribution in [0.15, 0.2) is 42.6 Å². The lowest BCUT2D eigenvalue weighted by Crippen LogP contribution is -2.30. The molecular formula is C18H19ClN4O5. The normalized spacial score (nSPS) is 11.4. The van der Waals surface area contributed by atoms with E-state index in [0.29, 0.717) is 29.5 Å². The van der Waals surface area contributed by atoms with Gasteiger partial charge in [-0.1, -0.05) is 23.7 Å². The topological polar surface area (TPSA) is 123 Å². The van der Waals surface area contributed by atoms with E-state index in [2.05, 4.69) is 15.6 Å². The number of nitrogens with zero attached hydrogens (tertiary/aromatic N) is 2. The third kappa shape index (κ3) is 6.51.